The Balaban J connectivity index is 2.07. The number of rotatable bonds is 4. The van der Waals surface area contributed by atoms with Crippen molar-refractivity contribution in [1.82, 2.24) is 9.38 Å². The van der Waals surface area contributed by atoms with Crippen LogP contribution in [0.25, 0.3) is 5.65 Å². The summed E-state index contributed by atoms with van der Waals surface area (Å²) in [7, 11) is 0. The molecule has 0 aliphatic rings. The third-order valence-corrected chi connectivity index (χ3v) is 3.36. The molecule has 0 bridgehead atoms. The van der Waals surface area contributed by atoms with Crippen LogP contribution in [-0.4, -0.2) is 20.8 Å². The molecule has 0 unspecified atom stereocenters. The van der Waals surface area contributed by atoms with Crippen molar-refractivity contribution in [3.63, 3.8) is 0 Å². The van der Waals surface area contributed by atoms with Gasteiger partial charge in [0.15, 0.2) is 0 Å². The Kier molecular flexibility index (Phi) is 4.05. The average molecular weight is 309 g/mol. The second-order valence-corrected chi connectivity index (χ2v) is 5.08. The van der Waals surface area contributed by atoms with Crippen LogP contribution in [0.5, 0.6) is 5.75 Å². The van der Waals surface area contributed by atoms with Crippen molar-refractivity contribution in [3.8, 4) is 5.75 Å². The molecule has 0 saturated heterocycles. The van der Waals surface area contributed by atoms with Crippen molar-refractivity contribution in [2.24, 2.45) is 5.16 Å². The molecule has 0 amide bonds. The van der Waals surface area contributed by atoms with Crippen LogP contribution >= 0.6 is 0 Å². The van der Waals surface area contributed by atoms with Crippen molar-refractivity contribution in [2.75, 3.05) is 0 Å². The number of hydrogen-bond acceptors (Lipinski definition) is 5. The monoisotopic (exact) mass is 309 g/mol. The summed E-state index contributed by atoms with van der Waals surface area (Å²) in [6, 6.07) is 13.1. The van der Waals surface area contributed by atoms with Gasteiger partial charge < -0.3 is 9.94 Å². The molecule has 0 aliphatic heterocycles. The van der Waals surface area contributed by atoms with E-state index in [1.807, 2.05) is 43.3 Å². The first kappa shape index (κ1) is 14.8. The summed E-state index contributed by atoms with van der Waals surface area (Å²) in [6.07, 6.45) is 2.79. The molecule has 1 N–H and O–H groups in total. The van der Waals surface area contributed by atoms with Gasteiger partial charge in [-0.3, -0.25) is 9.20 Å². The number of aryl methyl sites for hydroxylation is 1. The van der Waals surface area contributed by atoms with Gasteiger partial charge in [-0.15, -0.1) is 0 Å². The van der Waals surface area contributed by atoms with Gasteiger partial charge in [-0.25, -0.2) is 4.98 Å². The largest absolute Gasteiger partial charge is 0.481 e. The van der Waals surface area contributed by atoms with E-state index in [1.54, 1.807) is 12.3 Å². The van der Waals surface area contributed by atoms with Crippen LogP contribution in [-0.2, 0) is 6.61 Å². The highest BCUT2D eigenvalue weighted by Gasteiger charge is 2.13. The Labute approximate surface area is 132 Å². The summed E-state index contributed by atoms with van der Waals surface area (Å²) in [6.45, 7) is 2.11. The van der Waals surface area contributed by atoms with Crippen LogP contribution in [0, 0.1) is 6.92 Å². The van der Waals surface area contributed by atoms with Crippen LogP contribution in [0.4, 0.5) is 0 Å². The lowest BCUT2D eigenvalue weighted by Gasteiger charge is -2.10. The Morgan fingerprint density at radius 1 is 1.26 bits per heavy atom. The van der Waals surface area contributed by atoms with Crippen LogP contribution in [0.2, 0.25) is 0 Å². The van der Waals surface area contributed by atoms with E-state index in [9.17, 15) is 4.79 Å². The first-order valence-electron chi connectivity index (χ1n) is 7.06. The molecule has 3 aromatic rings. The lowest BCUT2D eigenvalue weighted by molar-refractivity contribution is 0.298. The van der Waals surface area contributed by atoms with Crippen molar-refractivity contribution in [2.45, 2.75) is 13.5 Å². The average Bonchev–Trinajstić information content (AvgIpc) is 2.56. The maximum Gasteiger partial charge on any atom is 0.300 e. The van der Waals surface area contributed by atoms with Crippen LogP contribution in [0.3, 0.4) is 0 Å². The molecule has 6 nitrogen and oxygen atoms in total. The molecule has 6 heteroatoms. The van der Waals surface area contributed by atoms with E-state index in [0.29, 0.717) is 5.65 Å². The van der Waals surface area contributed by atoms with Gasteiger partial charge in [0, 0.05) is 6.20 Å². The fourth-order valence-electron chi connectivity index (χ4n) is 2.25. The van der Waals surface area contributed by atoms with Gasteiger partial charge >= 0.3 is 5.56 Å². The topological polar surface area (TPSA) is 76.2 Å². The minimum atomic E-state index is -0.343. The number of oxime groups is 1. The summed E-state index contributed by atoms with van der Waals surface area (Å²) in [5.74, 6) is 0.0507. The summed E-state index contributed by atoms with van der Waals surface area (Å²) < 4.78 is 7.08. The highest BCUT2D eigenvalue weighted by Crippen LogP contribution is 2.13. The standard InChI is InChI=1S/C17H15N3O3/c1-12-7-8-15-19-14(9-18-22)16(17(21)20(15)10-12)23-11-13-5-3-2-4-6-13/h2-10,22H,11H2,1H3. The molecular weight excluding hydrogens is 294 g/mol. The molecule has 0 fully saturated rings. The summed E-state index contributed by atoms with van der Waals surface area (Å²) >= 11 is 0. The lowest BCUT2D eigenvalue weighted by Crippen LogP contribution is -2.20. The van der Waals surface area contributed by atoms with Gasteiger partial charge in [-0.05, 0) is 24.1 Å². The summed E-state index contributed by atoms with van der Waals surface area (Å²) in [5, 5.41) is 11.8. The number of pyridine rings is 1. The SMILES string of the molecule is Cc1ccc2nc(C=NO)c(OCc3ccccc3)c(=O)n2c1. The summed E-state index contributed by atoms with van der Waals surface area (Å²) in [5.41, 5.74) is 2.16. The zero-order chi connectivity index (χ0) is 16.2. The van der Waals surface area contributed by atoms with Crippen LogP contribution in [0.1, 0.15) is 16.8 Å². The highest BCUT2D eigenvalue weighted by atomic mass is 16.5. The van der Waals surface area contributed by atoms with E-state index >= 15 is 0 Å². The predicted octanol–water partition coefficient (Wildman–Crippen LogP) is 2.39. The van der Waals surface area contributed by atoms with Crippen LogP contribution < -0.4 is 10.3 Å². The highest BCUT2D eigenvalue weighted by molar-refractivity contribution is 5.81. The van der Waals surface area contributed by atoms with E-state index in [4.69, 9.17) is 9.94 Å². The molecule has 2 aromatic heterocycles. The first-order chi connectivity index (χ1) is 11.2. The fourth-order valence-corrected chi connectivity index (χ4v) is 2.25. The molecule has 0 aliphatic carbocycles. The molecule has 23 heavy (non-hydrogen) atoms. The second-order valence-electron chi connectivity index (χ2n) is 5.08. The first-order valence-corrected chi connectivity index (χ1v) is 7.06. The normalized spacial score (nSPS) is 11.2. The second kappa shape index (κ2) is 6.31. The van der Waals surface area contributed by atoms with E-state index in [0.717, 1.165) is 17.3 Å². The molecular formula is C17H15N3O3. The number of benzene rings is 1. The van der Waals surface area contributed by atoms with Gasteiger partial charge in [-0.1, -0.05) is 41.6 Å². The van der Waals surface area contributed by atoms with Gasteiger partial charge in [0.2, 0.25) is 5.75 Å². The Hall–Kier alpha value is -3.15. The van der Waals surface area contributed by atoms with Gasteiger partial charge in [0.1, 0.15) is 17.9 Å². The maximum atomic E-state index is 12.7. The number of ether oxygens (including phenoxy) is 1. The lowest BCUT2D eigenvalue weighted by atomic mass is 10.2. The molecule has 1 aromatic carbocycles. The van der Waals surface area contributed by atoms with Gasteiger partial charge in [0.25, 0.3) is 0 Å². The van der Waals surface area contributed by atoms with Crippen molar-refractivity contribution in [3.05, 3.63) is 75.8 Å². The fraction of sp³-hybridized carbons (Fsp3) is 0.118. The predicted molar refractivity (Wildman–Crippen MR) is 86.4 cm³/mol. The zero-order valence-corrected chi connectivity index (χ0v) is 12.5. The van der Waals surface area contributed by atoms with Gasteiger partial charge in [0.05, 0.1) is 6.21 Å². The number of nitrogens with zero attached hydrogens (tertiary/aromatic N) is 3. The number of aromatic nitrogens is 2. The number of hydrogen-bond donors (Lipinski definition) is 1. The number of fused-ring (bicyclic) bond motifs is 1. The van der Waals surface area contributed by atoms with E-state index in [1.165, 1.54) is 4.40 Å². The molecule has 0 radical (unpaired) electrons. The van der Waals surface area contributed by atoms with Crippen molar-refractivity contribution < 1.29 is 9.94 Å². The molecule has 0 saturated carbocycles. The van der Waals surface area contributed by atoms with E-state index in [-0.39, 0.29) is 23.6 Å². The minimum Gasteiger partial charge on any atom is -0.481 e. The third kappa shape index (κ3) is 3.06. The zero-order valence-electron chi connectivity index (χ0n) is 12.5. The molecule has 2 heterocycles. The molecule has 0 atom stereocenters. The molecule has 3 rings (SSSR count). The Bertz CT molecular complexity index is 918. The Morgan fingerprint density at radius 2 is 2.04 bits per heavy atom. The van der Waals surface area contributed by atoms with E-state index < -0.39 is 0 Å². The third-order valence-electron chi connectivity index (χ3n) is 3.36. The maximum absolute atomic E-state index is 12.7. The molecule has 116 valence electrons. The van der Waals surface area contributed by atoms with Crippen molar-refractivity contribution >= 4 is 11.9 Å². The minimum absolute atomic E-state index is 0.0507. The Morgan fingerprint density at radius 3 is 2.78 bits per heavy atom. The van der Waals surface area contributed by atoms with Crippen LogP contribution in [0.15, 0.2) is 58.6 Å². The van der Waals surface area contributed by atoms with Gasteiger partial charge in [-0.2, -0.15) is 0 Å². The smallest absolute Gasteiger partial charge is 0.300 e. The quantitative estimate of drug-likeness (QED) is 0.456. The van der Waals surface area contributed by atoms with E-state index in [2.05, 4.69) is 10.1 Å². The molecule has 0 spiro atoms. The summed E-state index contributed by atoms with van der Waals surface area (Å²) in [4.78, 5) is 17.0. The van der Waals surface area contributed by atoms with Crippen molar-refractivity contribution in [1.29, 1.82) is 0 Å².